The lowest BCUT2D eigenvalue weighted by molar-refractivity contribution is -0.135. The van der Waals surface area contributed by atoms with Crippen molar-refractivity contribution < 1.29 is 23.9 Å². The van der Waals surface area contributed by atoms with Gasteiger partial charge in [-0.15, -0.1) is 0 Å². The van der Waals surface area contributed by atoms with Gasteiger partial charge in [-0.2, -0.15) is 0 Å². The predicted molar refractivity (Wildman–Crippen MR) is 149 cm³/mol. The van der Waals surface area contributed by atoms with Gasteiger partial charge in [0.25, 0.3) is 0 Å². The molecule has 11 heteroatoms. The molecular weight excluding hydrogens is 514 g/mol. The molecule has 1 atom stereocenters. The van der Waals surface area contributed by atoms with E-state index < -0.39 is 17.6 Å². The van der Waals surface area contributed by atoms with Crippen molar-refractivity contribution in [3.05, 3.63) is 34.2 Å². The van der Waals surface area contributed by atoms with E-state index in [-0.39, 0.29) is 42.4 Å². The molecule has 1 aromatic heterocycles. The number of imide groups is 1. The quantitative estimate of drug-likeness (QED) is 0.545. The van der Waals surface area contributed by atoms with Crippen molar-refractivity contribution in [3.63, 3.8) is 0 Å². The molecule has 1 unspecified atom stereocenters. The first-order chi connectivity index (χ1) is 18.9. The van der Waals surface area contributed by atoms with E-state index in [0.717, 1.165) is 49.9 Å². The number of carbonyl (C=O) groups is 3. The molecule has 2 saturated heterocycles. The molecule has 40 heavy (non-hydrogen) atoms. The summed E-state index contributed by atoms with van der Waals surface area (Å²) in [5, 5.41) is 2.37. The third-order valence-corrected chi connectivity index (χ3v) is 8.32. The van der Waals surface area contributed by atoms with Gasteiger partial charge in [-0.25, -0.2) is 9.59 Å². The highest BCUT2D eigenvalue weighted by Crippen LogP contribution is 2.32. The Morgan fingerprint density at radius 3 is 2.42 bits per heavy atom. The van der Waals surface area contributed by atoms with Gasteiger partial charge in [0, 0.05) is 46.2 Å². The Morgan fingerprint density at radius 2 is 1.77 bits per heavy atom. The van der Waals surface area contributed by atoms with Crippen molar-refractivity contribution in [2.75, 3.05) is 20.1 Å². The maximum Gasteiger partial charge on any atom is 0.410 e. The molecule has 11 nitrogen and oxygen atoms in total. The fourth-order valence-electron chi connectivity index (χ4n) is 6.04. The molecule has 0 radical (unpaired) electrons. The van der Waals surface area contributed by atoms with Gasteiger partial charge in [-0.1, -0.05) is 12.1 Å². The number of ether oxygens (including phenoxy) is 2. The molecule has 1 N–H and O–H groups in total. The number of hydrogen-bond acceptors (Lipinski definition) is 7. The molecule has 5 rings (SSSR count). The van der Waals surface area contributed by atoms with Gasteiger partial charge in [0.1, 0.15) is 11.6 Å². The number of rotatable bonds is 6. The number of aromatic nitrogens is 2. The number of carbonyl (C=O) groups excluding carboxylic acids is 3. The van der Waals surface area contributed by atoms with Gasteiger partial charge in [-0.3, -0.25) is 28.9 Å². The number of imidazole rings is 1. The van der Waals surface area contributed by atoms with Crippen LogP contribution in [-0.4, -0.2) is 80.8 Å². The highest BCUT2D eigenvalue weighted by molar-refractivity contribution is 6.00. The van der Waals surface area contributed by atoms with Gasteiger partial charge in [0.15, 0.2) is 0 Å². The first-order valence-corrected chi connectivity index (χ1v) is 14.3. The zero-order chi connectivity index (χ0) is 28.8. The van der Waals surface area contributed by atoms with E-state index in [4.69, 9.17) is 9.47 Å². The predicted octanol–water partition coefficient (Wildman–Crippen LogP) is 2.70. The summed E-state index contributed by atoms with van der Waals surface area (Å²) in [5.74, 6) is -0.722. The summed E-state index contributed by atoms with van der Waals surface area (Å²) in [5.41, 5.74) is 1.82. The molecule has 3 heterocycles. The smallest absolute Gasteiger partial charge is 0.410 e. The third-order valence-electron chi connectivity index (χ3n) is 8.32. The van der Waals surface area contributed by atoms with Crippen molar-refractivity contribution in [1.82, 2.24) is 24.3 Å². The Labute approximate surface area is 234 Å². The topological polar surface area (TPSA) is 115 Å². The highest BCUT2D eigenvalue weighted by atomic mass is 16.6. The van der Waals surface area contributed by atoms with Crippen molar-refractivity contribution in [1.29, 1.82) is 0 Å². The molecule has 1 aromatic carbocycles. The van der Waals surface area contributed by atoms with E-state index in [9.17, 15) is 19.2 Å². The Hall–Kier alpha value is -3.18. The van der Waals surface area contributed by atoms with E-state index in [2.05, 4.69) is 10.2 Å². The van der Waals surface area contributed by atoms with E-state index in [1.165, 1.54) is 4.57 Å². The summed E-state index contributed by atoms with van der Waals surface area (Å²) in [7, 11) is 3.53. The van der Waals surface area contributed by atoms with Crippen molar-refractivity contribution in [3.8, 4) is 0 Å². The van der Waals surface area contributed by atoms with Crippen LogP contribution in [0.2, 0.25) is 0 Å². The van der Waals surface area contributed by atoms with Crippen LogP contribution in [0.3, 0.4) is 0 Å². The fraction of sp³-hybridized carbons (Fsp3) is 0.655. The maximum absolute atomic E-state index is 13.2. The lowest BCUT2D eigenvalue weighted by atomic mass is 9.88. The molecule has 2 aromatic rings. The van der Waals surface area contributed by atoms with Gasteiger partial charge in [-0.05, 0) is 64.5 Å². The largest absolute Gasteiger partial charge is 0.444 e. The molecule has 3 amide bonds. The summed E-state index contributed by atoms with van der Waals surface area (Å²) >= 11 is 0. The number of amides is 3. The Morgan fingerprint density at radius 1 is 1.07 bits per heavy atom. The second-order valence-electron chi connectivity index (χ2n) is 12.4. The summed E-state index contributed by atoms with van der Waals surface area (Å²) < 4.78 is 15.0. The van der Waals surface area contributed by atoms with E-state index >= 15 is 0 Å². The maximum atomic E-state index is 13.2. The Kier molecular flexibility index (Phi) is 7.80. The second-order valence-corrected chi connectivity index (χ2v) is 12.4. The van der Waals surface area contributed by atoms with Crippen LogP contribution >= 0.6 is 0 Å². The van der Waals surface area contributed by atoms with Crippen LogP contribution in [0.15, 0.2) is 23.0 Å². The molecule has 1 saturated carbocycles. The first-order valence-electron chi connectivity index (χ1n) is 14.3. The standard InChI is InChI=1S/C29H41N5O6/c1-29(2,3)40-28(38)31(4)19-15-21(16-19)39-20-11-13-33(14-12-20)17-18-7-6-8-22-25(18)32(5)27(37)34(22)23-9-10-24(35)30-26(23)36/h6-8,19-21,23H,9-17H2,1-5H3,(H,30,35,36)/t19-,21-,23?. The lowest BCUT2D eigenvalue weighted by Crippen LogP contribution is -2.51. The molecule has 3 fully saturated rings. The summed E-state index contributed by atoms with van der Waals surface area (Å²) in [6, 6.07) is 5.30. The number of likely N-dealkylation sites (tertiary alicyclic amines) is 1. The van der Waals surface area contributed by atoms with E-state index in [1.54, 1.807) is 23.6 Å². The molecule has 0 spiro atoms. The summed E-state index contributed by atoms with van der Waals surface area (Å²) in [6.07, 6.45) is 4.13. The normalized spacial score (nSPS) is 24.6. The van der Waals surface area contributed by atoms with Crippen molar-refractivity contribution >= 4 is 28.9 Å². The number of piperidine rings is 2. The number of para-hydroxylation sites is 1. The van der Waals surface area contributed by atoms with Crippen LogP contribution < -0.4 is 11.0 Å². The zero-order valence-electron chi connectivity index (χ0n) is 24.1. The molecule has 2 aliphatic heterocycles. The second kappa shape index (κ2) is 11.0. The highest BCUT2D eigenvalue weighted by Gasteiger charge is 2.38. The SMILES string of the molecule is Cn1c(=O)n(C2CCC(=O)NC2=O)c2cccc(CN3CCC(O[C@H]4C[C@H](N(C)C(=O)OC(C)(C)C)C4)CC3)c21. The van der Waals surface area contributed by atoms with Crippen LogP contribution in [-0.2, 0) is 32.7 Å². The summed E-state index contributed by atoms with van der Waals surface area (Å²) in [4.78, 5) is 53.7. The number of benzene rings is 1. The van der Waals surface area contributed by atoms with Crippen LogP contribution in [0.25, 0.3) is 11.0 Å². The minimum atomic E-state index is -0.688. The molecular formula is C29H41N5O6. The number of aryl methyl sites for hydroxylation is 1. The number of hydrogen-bond donors (Lipinski definition) is 1. The van der Waals surface area contributed by atoms with E-state index in [1.807, 2.05) is 39.0 Å². The summed E-state index contributed by atoms with van der Waals surface area (Å²) in [6.45, 7) is 8.08. The Balaban J connectivity index is 1.16. The van der Waals surface area contributed by atoms with Gasteiger partial charge in [0.2, 0.25) is 11.8 Å². The molecule has 218 valence electrons. The van der Waals surface area contributed by atoms with Crippen molar-refractivity contribution in [2.24, 2.45) is 7.05 Å². The average molecular weight is 556 g/mol. The lowest BCUT2D eigenvalue weighted by Gasteiger charge is -2.43. The third kappa shape index (κ3) is 5.81. The fourth-order valence-corrected chi connectivity index (χ4v) is 6.04. The number of fused-ring (bicyclic) bond motifs is 1. The van der Waals surface area contributed by atoms with Crippen LogP contribution in [0.1, 0.15) is 70.9 Å². The van der Waals surface area contributed by atoms with Gasteiger partial charge < -0.3 is 14.4 Å². The van der Waals surface area contributed by atoms with Gasteiger partial charge in [0.05, 0.1) is 23.2 Å². The zero-order valence-corrected chi connectivity index (χ0v) is 24.1. The number of nitrogens with one attached hydrogen (secondary N) is 1. The Bertz CT molecular complexity index is 1340. The van der Waals surface area contributed by atoms with Crippen molar-refractivity contribution in [2.45, 2.75) is 95.7 Å². The van der Waals surface area contributed by atoms with Crippen LogP contribution in [0.5, 0.6) is 0 Å². The molecule has 3 aliphatic rings. The number of nitrogens with zero attached hydrogens (tertiary/aromatic N) is 4. The monoisotopic (exact) mass is 555 g/mol. The minimum Gasteiger partial charge on any atom is -0.444 e. The van der Waals surface area contributed by atoms with Gasteiger partial charge >= 0.3 is 11.8 Å². The molecule has 0 bridgehead atoms. The average Bonchev–Trinajstić information content (AvgIpc) is 3.11. The van der Waals surface area contributed by atoms with E-state index in [0.29, 0.717) is 18.5 Å². The van der Waals surface area contributed by atoms with Crippen LogP contribution in [0.4, 0.5) is 4.79 Å². The van der Waals surface area contributed by atoms with Crippen LogP contribution in [0, 0.1) is 0 Å². The first kappa shape index (κ1) is 28.4. The minimum absolute atomic E-state index is 0.152. The molecule has 1 aliphatic carbocycles.